The Morgan fingerprint density at radius 1 is 1.27 bits per heavy atom. The molecule has 33 heavy (non-hydrogen) atoms. The number of hydrogen-bond acceptors (Lipinski definition) is 8. The van der Waals surface area contributed by atoms with Crippen LogP contribution in [0.3, 0.4) is 0 Å². The maximum absolute atomic E-state index is 12.7. The van der Waals surface area contributed by atoms with E-state index in [0.29, 0.717) is 6.07 Å². The fourth-order valence-corrected chi connectivity index (χ4v) is 2.34. The van der Waals surface area contributed by atoms with Gasteiger partial charge in [0.15, 0.2) is 11.3 Å². The van der Waals surface area contributed by atoms with Gasteiger partial charge >= 0.3 is 11.9 Å². The quantitative estimate of drug-likeness (QED) is 0.420. The van der Waals surface area contributed by atoms with Crippen LogP contribution in [0.25, 0.3) is 5.65 Å². The van der Waals surface area contributed by atoms with Crippen LogP contribution in [0.5, 0.6) is 0 Å². The molecule has 0 aliphatic heterocycles. The number of carbonyl (C=O) groups is 2. The van der Waals surface area contributed by atoms with Gasteiger partial charge in [0.2, 0.25) is 5.91 Å². The first-order valence-corrected chi connectivity index (χ1v) is 8.97. The molecule has 0 saturated heterocycles. The predicted octanol–water partition coefficient (Wildman–Crippen LogP) is 1.13. The van der Waals surface area contributed by atoms with E-state index in [1.165, 1.54) is 13.4 Å². The Balaban J connectivity index is 0.000000243. The van der Waals surface area contributed by atoms with Crippen molar-refractivity contribution < 1.29 is 27.7 Å². The van der Waals surface area contributed by atoms with Crippen molar-refractivity contribution in [2.45, 2.75) is 20.0 Å². The molecule has 0 aliphatic rings. The number of nitrogens with two attached hydrogens (primary N) is 1. The lowest BCUT2D eigenvalue weighted by Gasteiger charge is -2.11. The van der Waals surface area contributed by atoms with Gasteiger partial charge in [0.25, 0.3) is 11.6 Å². The largest absolute Gasteiger partial charge is 0.423 e. The highest BCUT2D eigenvalue weighted by Gasteiger charge is 2.38. The Kier molecular flexibility index (Phi) is 7.10. The lowest BCUT2D eigenvalue weighted by molar-refractivity contribution is -0.388. The standard InChI is InChI=1S/C11H11F3N2O3.C6H6N6O2/c1-6(2)10(17)15-7-3-4-9(16(18)19)8(5-7)11(12,13)14;1-11-6(14)12-2-8-3(4(7)13)5(12)9-10-11/h3-6H,1-2H3,(H,15,17);2H,1H3,(H2,7,13). The number of imidazole rings is 1. The molecule has 2 aromatic heterocycles. The molecule has 0 radical (unpaired) electrons. The van der Waals surface area contributed by atoms with Crippen LogP contribution >= 0.6 is 0 Å². The molecule has 0 fully saturated rings. The number of aromatic nitrogens is 5. The zero-order valence-corrected chi connectivity index (χ0v) is 17.3. The van der Waals surface area contributed by atoms with Gasteiger partial charge < -0.3 is 11.1 Å². The van der Waals surface area contributed by atoms with E-state index in [2.05, 4.69) is 20.6 Å². The highest BCUT2D eigenvalue weighted by Crippen LogP contribution is 2.37. The van der Waals surface area contributed by atoms with Crippen LogP contribution in [0, 0.1) is 16.0 Å². The summed E-state index contributed by atoms with van der Waals surface area (Å²) in [5.74, 6) is -1.62. The van der Waals surface area contributed by atoms with E-state index in [-0.39, 0.29) is 17.0 Å². The number of rotatable bonds is 4. The van der Waals surface area contributed by atoms with Crippen molar-refractivity contribution >= 4 is 28.8 Å². The molecule has 0 saturated carbocycles. The number of alkyl halides is 3. The third kappa shape index (κ3) is 5.66. The number of anilines is 1. The van der Waals surface area contributed by atoms with Crippen LogP contribution < -0.4 is 16.7 Å². The number of aryl methyl sites for hydroxylation is 1. The fraction of sp³-hybridized carbons (Fsp3) is 0.294. The number of nitro benzene ring substituents is 1. The van der Waals surface area contributed by atoms with Crippen molar-refractivity contribution in [1.82, 2.24) is 24.4 Å². The summed E-state index contributed by atoms with van der Waals surface area (Å²) in [5.41, 5.74) is 2.03. The Hall–Kier alpha value is -4.37. The van der Waals surface area contributed by atoms with E-state index in [4.69, 9.17) is 5.73 Å². The van der Waals surface area contributed by atoms with Gasteiger partial charge in [-0.25, -0.2) is 14.2 Å². The zero-order valence-electron chi connectivity index (χ0n) is 17.3. The minimum atomic E-state index is -4.86. The van der Waals surface area contributed by atoms with E-state index in [0.717, 1.165) is 21.2 Å². The van der Waals surface area contributed by atoms with Crippen LogP contribution in [-0.4, -0.2) is 41.1 Å². The maximum Gasteiger partial charge on any atom is 0.423 e. The second-order valence-corrected chi connectivity index (χ2v) is 6.78. The summed E-state index contributed by atoms with van der Waals surface area (Å²) in [6, 6.07) is 2.34. The number of benzene rings is 1. The fourth-order valence-electron chi connectivity index (χ4n) is 2.34. The summed E-state index contributed by atoms with van der Waals surface area (Å²) < 4.78 is 40.1. The molecule has 16 heteroatoms. The maximum atomic E-state index is 12.7. The van der Waals surface area contributed by atoms with Gasteiger partial charge in [0.1, 0.15) is 11.9 Å². The van der Waals surface area contributed by atoms with E-state index in [1.54, 1.807) is 13.8 Å². The number of carbonyl (C=O) groups excluding carboxylic acids is 2. The van der Waals surface area contributed by atoms with Crippen molar-refractivity contribution in [2.24, 2.45) is 18.7 Å². The van der Waals surface area contributed by atoms with Crippen molar-refractivity contribution in [2.75, 3.05) is 5.32 Å². The average Bonchev–Trinajstić information content (AvgIpc) is 3.15. The third-order valence-electron chi connectivity index (χ3n) is 4.02. The van der Waals surface area contributed by atoms with Crippen molar-refractivity contribution in [1.29, 1.82) is 0 Å². The van der Waals surface area contributed by atoms with E-state index < -0.39 is 45.8 Å². The molecule has 0 spiro atoms. The zero-order chi connectivity index (χ0) is 25.1. The number of nitrogens with one attached hydrogen (secondary N) is 1. The molecule has 13 nitrogen and oxygen atoms in total. The van der Waals surface area contributed by atoms with Crippen LogP contribution in [0.4, 0.5) is 24.5 Å². The topological polar surface area (TPSA) is 180 Å². The third-order valence-corrected chi connectivity index (χ3v) is 4.02. The average molecular weight is 470 g/mol. The number of nitrogens with zero attached hydrogens (tertiary/aromatic N) is 6. The van der Waals surface area contributed by atoms with Gasteiger partial charge in [-0.1, -0.05) is 19.1 Å². The summed E-state index contributed by atoms with van der Waals surface area (Å²) in [7, 11) is 1.44. The number of halogens is 3. The Morgan fingerprint density at radius 3 is 2.42 bits per heavy atom. The number of nitro groups is 1. The molecule has 0 aliphatic carbocycles. The van der Waals surface area contributed by atoms with Crippen LogP contribution in [0.15, 0.2) is 29.3 Å². The van der Waals surface area contributed by atoms with E-state index >= 15 is 0 Å². The second-order valence-electron chi connectivity index (χ2n) is 6.78. The molecule has 2 heterocycles. The van der Waals surface area contributed by atoms with E-state index in [1.807, 2.05) is 0 Å². The molecule has 2 amide bonds. The minimum absolute atomic E-state index is 0.0600. The second kappa shape index (κ2) is 9.41. The smallest absolute Gasteiger partial charge is 0.364 e. The lowest BCUT2D eigenvalue weighted by Crippen LogP contribution is -2.27. The highest BCUT2D eigenvalue weighted by molar-refractivity contribution is 5.96. The number of amides is 2. The van der Waals surface area contributed by atoms with Crippen molar-refractivity contribution in [3.8, 4) is 0 Å². The highest BCUT2D eigenvalue weighted by atomic mass is 19.4. The number of primary amides is 1. The summed E-state index contributed by atoms with van der Waals surface area (Å²) in [6.45, 7) is 3.15. The predicted molar refractivity (Wildman–Crippen MR) is 106 cm³/mol. The Morgan fingerprint density at radius 2 is 1.91 bits per heavy atom. The summed E-state index contributed by atoms with van der Waals surface area (Å²) in [4.78, 5) is 46.7. The molecule has 176 valence electrons. The molecule has 3 N–H and O–H groups in total. The molecule has 3 aromatic rings. The van der Waals surface area contributed by atoms with E-state index in [9.17, 15) is 37.7 Å². The molecule has 0 bridgehead atoms. The Labute approximate surface area is 182 Å². The van der Waals surface area contributed by atoms with Crippen molar-refractivity contribution in [3.05, 3.63) is 56.4 Å². The van der Waals surface area contributed by atoms with Crippen LogP contribution in [0.1, 0.15) is 29.9 Å². The van der Waals surface area contributed by atoms with Gasteiger partial charge in [-0.15, -0.1) is 5.10 Å². The van der Waals surface area contributed by atoms with Gasteiger partial charge in [0, 0.05) is 24.7 Å². The molecular weight excluding hydrogens is 453 g/mol. The van der Waals surface area contributed by atoms with Gasteiger partial charge in [-0.05, 0) is 12.1 Å². The number of fused-ring (bicyclic) bond motifs is 1. The summed E-state index contributed by atoms with van der Waals surface area (Å²) in [5, 5.41) is 19.9. The SMILES string of the molecule is CC(C)C(=O)Nc1ccc([N+](=O)[O-])c(C(F)(F)F)c1.Cn1nnc2c(C(N)=O)ncn2c1=O. The van der Waals surface area contributed by atoms with Crippen LogP contribution in [-0.2, 0) is 18.0 Å². The van der Waals surface area contributed by atoms with Crippen LogP contribution in [0.2, 0.25) is 0 Å². The van der Waals surface area contributed by atoms with Gasteiger partial charge in [-0.3, -0.25) is 19.7 Å². The molecular formula is C17H17F3N8O5. The van der Waals surface area contributed by atoms with Gasteiger partial charge in [0.05, 0.1) is 4.92 Å². The monoisotopic (exact) mass is 470 g/mol. The number of hydrogen-bond donors (Lipinski definition) is 2. The summed E-state index contributed by atoms with van der Waals surface area (Å²) >= 11 is 0. The first kappa shape index (κ1) is 24.9. The first-order valence-electron chi connectivity index (χ1n) is 8.97. The van der Waals surface area contributed by atoms with Crippen molar-refractivity contribution in [3.63, 3.8) is 0 Å². The minimum Gasteiger partial charge on any atom is -0.364 e. The summed E-state index contributed by atoms with van der Waals surface area (Å²) in [6.07, 6.45) is -3.67. The molecule has 0 atom stereocenters. The van der Waals surface area contributed by atoms with Gasteiger partial charge in [-0.2, -0.15) is 17.9 Å². The normalized spacial score (nSPS) is 11.1. The molecule has 3 rings (SSSR count). The lowest BCUT2D eigenvalue weighted by atomic mass is 10.1. The first-order chi connectivity index (χ1) is 15.2. The molecule has 1 aromatic carbocycles. The Bertz CT molecular complexity index is 1280. The molecule has 0 unspecified atom stereocenters.